The van der Waals surface area contributed by atoms with Crippen molar-refractivity contribution in [3.8, 4) is 0 Å². The molecule has 110 valence electrons. The highest BCUT2D eigenvalue weighted by Crippen LogP contribution is 2.49. The predicted octanol–water partition coefficient (Wildman–Crippen LogP) is 1.12. The maximum absolute atomic E-state index is 11.8. The Morgan fingerprint density at radius 2 is 2.21 bits per heavy atom. The molecule has 0 aromatic carbocycles. The van der Waals surface area contributed by atoms with Crippen LogP contribution in [-0.4, -0.2) is 43.5 Å². The monoisotopic (exact) mass is 270 g/mol. The summed E-state index contributed by atoms with van der Waals surface area (Å²) >= 11 is 0. The van der Waals surface area contributed by atoms with E-state index in [1.165, 1.54) is 32.8 Å². The van der Waals surface area contributed by atoms with Crippen LogP contribution in [0, 0.1) is 17.8 Å². The lowest BCUT2D eigenvalue weighted by Crippen LogP contribution is -2.47. The molecule has 0 aromatic rings. The molecule has 0 spiro atoms. The van der Waals surface area contributed by atoms with Crippen molar-refractivity contribution in [2.24, 2.45) is 17.8 Å². The Morgan fingerprint density at radius 3 is 2.79 bits per heavy atom. The second-order valence-electron chi connectivity index (χ2n) is 6.09. The molecule has 2 aliphatic carbocycles. The van der Waals surface area contributed by atoms with E-state index in [0.717, 1.165) is 11.8 Å². The number of ether oxygens (including phenoxy) is 1. The van der Waals surface area contributed by atoms with E-state index in [0.29, 0.717) is 5.92 Å². The van der Waals surface area contributed by atoms with Gasteiger partial charge in [0.1, 0.15) is 0 Å². The highest BCUT2D eigenvalue weighted by molar-refractivity contribution is 5.74. The summed E-state index contributed by atoms with van der Waals surface area (Å²) in [5.74, 6) is 2.33. The molecule has 2 aliphatic rings. The van der Waals surface area contributed by atoms with Crippen LogP contribution in [0.1, 0.15) is 32.6 Å². The smallest absolute Gasteiger partial charge is 0.315 e. The fourth-order valence-corrected chi connectivity index (χ4v) is 3.73. The Kier molecular flexibility index (Phi) is 5.05. The van der Waals surface area contributed by atoms with Crippen LogP contribution in [0.3, 0.4) is 0 Å². The van der Waals surface area contributed by atoms with Gasteiger partial charge in [-0.25, -0.2) is 4.79 Å². The molecule has 0 aliphatic heterocycles. The number of fused-ring (bicyclic) bond motifs is 2. The van der Waals surface area contributed by atoms with Crippen LogP contribution in [0.15, 0.2) is 0 Å². The van der Waals surface area contributed by atoms with E-state index in [-0.39, 0.29) is 25.2 Å². The molecule has 2 amide bonds. The van der Waals surface area contributed by atoms with Gasteiger partial charge < -0.3 is 20.5 Å². The van der Waals surface area contributed by atoms with E-state index in [1.807, 2.05) is 0 Å². The number of nitrogens with one attached hydrogen (secondary N) is 2. The van der Waals surface area contributed by atoms with Gasteiger partial charge in [-0.3, -0.25) is 0 Å². The number of hydrogen-bond donors (Lipinski definition) is 3. The average molecular weight is 270 g/mol. The van der Waals surface area contributed by atoms with Gasteiger partial charge in [-0.05, 0) is 43.9 Å². The van der Waals surface area contributed by atoms with E-state index < -0.39 is 6.10 Å². The van der Waals surface area contributed by atoms with Gasteiger partial charge >= 0.3 is 6.03 Å². The molecule has 2 bridgehead atoms. The summed E-state index contributed by atoms with van der Waals surface area (Å²) in [7, 11) is 1.53. The molecule has 5 nitrogen and oxygen atoms in total. The maximum Gasteiger partial charge on any atom is 0.315 e. The Labute approximate surface area is 115 Å². The summed E-state index contributed by atoms with van der Waals surface area (Å²) in [4.78, 5) is 11.8. The molecule has 0 saturated heterocycles. The summed E-state index contributed by atoms with van der Waals surface area (Å²) in [5.41, 5.74) is 0. The van der Waals surface area contributed by atoms with Gasteiger partial charge in [0.2, 0.25) is 0 Å². The van der Waals surface area contributed by atoms with Gasteiger partial charge in [0.05, 0.1) is 12.7 Å². The van der Waals surface area contributed by atoms with Gasteiger partial charge in [-0.1, -0.05) is 6.42 Å². The van der Waals surface area contributed by atoms with E-state index in [9.17, 15) is 9.90 Å². The second kappa shape index (κ2) is 6.57. The van der Waals surface area contributed by atoms with E-state index in [4.69, 9.17) is 4.74 Å². The van der Waals surface area contributed by atoms with Crippen LogP contribution in [0.25, 0.3) is 0 Å². The zero-order valence-corrected chi connectivity index (χ0v) is 11.9. The van der Waals surface area contributed by atoms with Gasteiger partial charge in [0.15, 0.2) is 0 Å². The lowest BCUT2D eigenvalue weighted by atomic mass is 9.84. The van der Waals surface area contributed by atoms with Gasteiger partial charge in [0, 0.05) is 19.7 Å². The number of urea groups is 1. The average Bonchev–Trinajstić information content (AvgIpc) is 2.99. The number of hydrogen-bond acceptors (Lipinski definition) is 3. The number of carbonyl (C=O) groups is 1. The second-order valence-corrected chi connectivity index (χ2v) is 6.09. The fourth-order valence-electron chi connectivity index (χ4n) is 3.73. The minimum Gasteiger partial charge on any atom is -0.389 e. The number of aliphatic hydroxyl groups is 1. The number of aliphatic hydroxyl groups excluding tert-OH is 1. The molecule has 0 radical (unpaired) electrons. The summed E-state index contributed by atoms with van der Waals surface area (Å²) in [6, 6.07) is 0.0281. The van der Waals surface area contributed by atoms with Gasteiger partial charge in [0.25, 0.3) is 0 Å². The largest absolute Gasteiger partial charge is 0.389 e. The highest BCUT2D eigenvalue weighted by Gasteiger charge is 2.42. The SMILES string of the molecule is COCC(O)CNC(=O)NC(C)C1CC2CCC1C2. The highest BCUT2D eigenvalue weighted by atomic mass is 16.5. The van der Waals surface area contributed by atoms with Crippen LogP contribution in [0.5, 0.6) is 0 Å². The molecule has 5 atom stereocenters. The van der Waals surface area contributed by atoms with Crippen molar-refractivity contribution >= 4 is 6.03 Å². The first kappa shape index (κ1) is 14.6. The van der Waals surface area contributed by atoms with Crippen molar-refractivity contribution < 1.29 is 14.6 Å². The number of rotatable bonds is 6. The van der Waals surface area contributed by atoms with Crippen molar-refractivity contribution in [1.29, 1.82) is 0 Å². The first-order chi connectivity index (χ1) is 9.10. The summed E-state index contributed by atoms with van der Waals surface area (Å²) < 4.78 is 4.81. The Balaban J connectivity index is 1.67. The molecular weight excluding hydrogens is 244 g/mol. The molecule has 0 heterocycles. The van der Waals surface area contributed by atoms with E-state index in [1.54, 1.807) is 0 Å². The van der Waals surface area contributed by atoms with Gasteiger partial charge in [-0.15, -0.1) is 0 Å². The molecule has 2 saturated carbocycles. The molecule has 2 rings (SSSR count). The van der Waals surface area contributed by atoms with E-state index in [2.05, 4.69) is 17.6 Å². The molecule has 19 heavy (non-hydrogen) atoms. The summed E-state index contributed by atoms with van der Waals surface area (Å²) in [6.45, 7) is 2.56. The van der Waals surface area contributed by atoms with Crippen molar-refractivity contribution in [2.75, 3.05) is 20.3 Å². The normalized spacial score (nSPS) is 32.1. The Hall–Kier alpha value is -0.810. The lowest BCUT2D eigenvalue weighted by molar-refractivity contribution is 0.0658. The fraction of sp³-hybridized carbons (Fsp3) is 0.929. The molecule has 0 aromatic heterocycles. The summed E-state index contributed by atoms with van der Waals surface area (Å²) in [5, 5.41) is 15.1. The third-order valence-electron chi connectivity index (χ3n) is 4.65. The Morgan fingerprint density at radius 1 is 1.42 bits per heavy atom. The topological polar surface area (TPSA) is 70.6 Å². The molecule has 2 fully saturated rings. The van der Waals surface area contributed by atoms with Crippen molar-refractivity contribution in [3.05, 3.63) is 0 Å². The van der Waals surface area contributed by atoms with Gasteiger partial charge in [-0.2, -0.15) is 0 Å². The quantitative estimate of drug-likeness (QED) is 0.677. The van der Waals surface area contributed by atoms with Crippen LogP contribution in [-0.2, 0) is 4.74 Å². The van der Waals surface area contributed by atoms with Crippen LogP contribution < -0.4 is 10.6 Å². The van der Waals surface area contributed by atoms with Crippen molar-refractivity contribution in [3.63, 3.8) is 0 Å². The zero-order chi connectivity index (χ0) is 13.8. The zero-order valence-electron chi connectivity index (χ0n) is 11.9. The first-order valence-corrected chi connectivity index (χ1v) is 7.31. The molecule has 3 N–H and O–H groups in total. The van der Waals surface area contributed by atoms with Crippen LogP contribution >= 0.6 is 0 Å². The molecular formula is C14H26N2O3. The minimum atomic E-state index is -0.645. The van der Waals surface area contributed by atoms with Crippen molar-refractivity contribution in [2.45, 2.75) is 44.8 Å². The van der Waals surface area contributed by atoms with Crippen LogP contribution in [0.2, 0.25) is 0 Å². The first-order valence-electron chi connectivity index (χ1n) is 7.31. The van der Waals surface area contributed by atoms with E-state index >= 15 is 0 Å². The lowest BCUT2D eigenvalue weighted by Gasteiger charge is -2.28. The number of methoxy groups -OCH3 is 1. The third kappa shape index (κ3) is 3.83. The number of carbonyl (C=O) groups excluding carboxylic acids is 1. The minimum absolute atomic E-state index is 0.189. The predicted molar refractivity (Wildman–Crippen MR) is 72.8 cm³/mol. The van der Waals surface area contributed by atoms with Crippen LogP contribution in [0.4, 0.5) is 4.79 Å². The third-order valence-corrected chi connectivity index (χ3v) is 4.65. The number of amides is 2. The van der Waals surface area contributed by atoms with Crippen molar-refractivity contribution in [1.82, 2.24) is 10.6 Å². The maximum atomic E-state index is 11.8. The Bertz CT molecular complexity index is 311. The molecule has 5 unspecified atom stereocenters. The standard InChI is InChI=1S/C14H26N2O3/c1-9(13-6-10-3-4-11(13)5-10)16-14(18)15-7-12(17)8-19-2/h9-13,17H,3-8H2,1-2H3,(H2,15,16,18). The molecule has 5 heteroatoms. The summed E-state index contributed by atoms with van der Waals surface area (Å²) in [6.07, 6.45) is 4.68.